The molecule has 0 aliphatic carbocycles. The van der Waals surface area contributed by atoms with Gasteiger partial charge in [0, 0.05) is 36.9 Å². The van der Waals surface area contributed by atoms with E-state index >= 15 is 0 Å². The highest BCUT2D eigenvalue weighted by molar-refractivity contribution is 14.0. The Morgan fingerprint density at radius 1 is 1.24 bits per heavy atom. The molecule has 1 saturated heterocycles. The second-order valence-corrected chi connectivity index (χ2v) is 6.42. The van der Waals surface area contributed by atoms with Crippen LogP contribution in [0.15, 0.2) is 29.3 Å². The first-order chi connectivity index (χ1) is 11.5. The Bertz CT molecular complexity index is 573. The minimum absolute atomic E-state index is 0. The van der Waals surface area contributed by atoms with Gasteiger partial charge in [-0.2, -0.15) is 0 Å². The topological polar surface area (TPSA) is 71.2 Å². The lowest BCUT2D eigenvalue weighted by Crippen LogP contribution is -2.51. The molecule has 1 aliphatic rings. The Kier molecular flexibility index (Phi) is 9.34. The number of carbonyl (C=O) groups excluding carboxylic acids is 1. The number of hydrogen-bond acceptors (Lipinski definition) is 4. The Morgan fingerprint density at radius 2 is 1.84 bits per heavy atom. The van der Waals surface area contributed by atoms with Crippen LogP contribution < -0.4 is 10.6 Å². The number of nitrogens with two attached hydrogens (primary N) is 1. The minimum Gasteiger partial charge on any atom is -0.463 e. The Labute approximate surface area is 171 Å². The molecule has 0 unspecified atom stereocenters. The molecule has 0 amide bonds. The van der Waals surface area contributed by atoms with Crippen LogP contribution in [0, 0.1) is 0 Å². The highest BCUT2D eigenvalue weighted by Crippen LogP contribution is 2.19. The number of benzene rings is 1. The molecule has 1 fully saturated rings. The van der Waals surface area contributed by atoms with E-state index in [9.17, 15) is 4.79 Å². The van der Waals surface area contributed by atoms with Crippen LogP contribution in [0.4, 0.5) is 5.69 Å². The van der Waals surface area contributed by atoms with Gasteiger partial charge >= 0.3 is 5.97 Å². The Hall–Kier alpha value is -1.22. The van der Waals surface area contributed by atoms with E-state index in [0.29, 0.717) is 12.5 Å². The van der Waals surface area contributed by atoms with Gasteiger partial charge in [-0.25, -0.2) is 0 Å². The van der Waals surface area contributed by atoms with Crippen LogP contribution in [0.3, 0.4) is 0 Å². The van der Waals surface area contributed by atoms with Gasteiger partial charge in [-0.15, -0.1) is 24.0 Å². The number of guanidine groups is 1. The fourth-order valence-electron chi connectivity index (χ4n) is 2.53. The molecule has 0 spiro atoms. The van der Waals surface area contributed by atoms with Gasteiger partial charge in [-0.1, -0.05) is 11.6 Å². The van der Waals surface area contributed by atoms with E-state index in [2.05, 4.69) is 9.89 Å². The van der Waals surface area contributed by atoms with Crippen LogP contribution in [-0.2, 0) is 9.53 Å². The maximum atomic E-state index is 11.5. The van der Waals surface area contributed by atoms with Crippen LogP contribution in [-0.4, -0.2) is 55.7 Å². The second kappa shape index (κ2) is 10.7. The first-order valence-electron chi connectivity index (χ1n) is 8.20. The third-order valence-corrected chi connectivity index (χ3v) is 4.00. The van der Waals surface area contributed by atoms with E-state index in [0.717, 1.165) is 36.9 Å². The van der Waals surface area contributed by atoms with Crippen LogP contribution >= 0.6 is 35.6 Å². The maximum absolute atomic E-state index is 11.5. The SMILES string of the molecule is CC(C)OC(=O)CCN=C(N)N1CCN(c2ccc(Cl)cc2)CC1.I. The normalized spacial score (nSPS) is 15.1. The number of rotatable bonds is 5. The summed E-state index contributed by atoms with van der Waals surface area (Å²) in [6, 6.07) is 7.84. The second-order valence-electron chi connectivity index (χ2n) is 5.98. The molecule has 25 heavy (non-hydrogen) atoms. The lowest BCUT2D eigenvalue weighted by molar-refractivity contribution is -0.147. The van der Waals surface area contributed by atoms with Crippen molar-refractivity contribution in [3.8, 4) is 0 Å². The minimum atomic E-state index is -0.242. The zero-order chi connectivity index (χ0) is 17.5. The quantitative estimate of drug-likeness (QED) is 0.304. The molecule has 0 saturated carbocycles. The average molecular weight is 481 g/mol. The molecular formula is C17H26ClIN4O2. The van der Waals surface area contributed by atoms with Gasteiger partial charge in [-0.05, 0) is 38.1 Å². The molecule has 1 heterocycles. The van der Waals surface area contributed by atoms with E-state index in [-0.39, 0.29) is 42.5 Å². The third-order valence-electron chi connectivity index (χ3n) is 3.75. The van der Waals surface area contributed by atoms with Crippen LogP contribution in [0.5, 0.6) is 0 Å². The van der Waals surface area contributed by atoms with Crippen LogP contribution in [0.1, 0.15) is 20.3 Å². The van der Waals surface area contributed by atoms with E-state index < -0.39 is 0 Å². The summed E-state index contributed by atoms with van der Waals surface area (Å²) >= 11 is 5.92. The standard InChI is InChI=1S/C17H25ClN4O2.HI/c1-13(2)24-16(23)7-8-20-17(19)22-11-9-21(10-12-22)15-5-3-14(18)4-6-15;/h3-6,13H,7-12H2,1-2H3,(H2,19,20);1H. The summed E-state index contributed by atoms with van der Waals surface area (Å²) in [6.07, 6.45) is 0.156. The molecular weight excluding hydrogens is 455 g/mol. The highest BCUT2D eigenvalue weighted by Gasteiger charge is 2.18. The number of aliphatic imine (C=N–C) groups is 1. The van der Waals surface area contributed by atoms with Crippen molar-refractivity contribution < 1.29 is 9.53 Å². The van der Waals surface area contributed by atoms with Crippen molar-refractivity contribution in [3.63, 3.8) is 0 Å². The van der Waals surface area contributed by atoms with Gasteiger partial charge in [-0.3, -0.25) is 9.79 Å². The summed E-state index contributed by atoms with van der Waals surface area (Å²) in [4.78, 5) is 20.1. The fraction of sp³-hybridized carbons (Fsp3) is 0.529. The lowest BCUT2D eigenvalue weighted by Gasteiger charge is -2.36. The average Bonchev–Trinajstić information content (AvgIpc) is 2.55. The van der Waals surface area contributed by atoms with Crippen LogP contribution in [0.25, 0.3) is 0 Å². The van der Waals surface area contributed by atoms with E-state index in [4.69, 9.17) is 22.1 Å². The number of piperazine rings is 1. The molecule has 1 aliphatic heterocycles. The van der Waals surface area contributed by atoms with Gasteiger partial charge in [0.1, 0.15) is 0 Å². The molecule has 2 rings (SSSR count). The zero-order valence-electron chi connectivity index (χ0n) is 14.7. The van der Waals surface area contributed by atoms with Crippen molar-refractivity contribution in [1.29, 1.82) is 0 Å². The van der Waals surface area contributed by atoms with Gasteiger partial charge < -0.3 is 20.3 Å². The van der Waals surface area contributed by atoms with Crippen molar-refractivity contribution in [2.75, 3.05) is 37.6 Å². The molecule has 0 atom stereocenters. The first-order valence-corrected chi connectivity index (χ1v) is 8.58. The van der Waals surface area contributed by atoms with Crippen molar-refractivity contribution >= 4 is 53.2 Å². The number of halogens is 2. The Balaban J connectivity index is 0.00000312. The lowest BCUT2D eigenvalue weighted by atomic mass is 10.2. The van der Waals surface area contributed by atoms with Gasteiger partial charge in [0.25, 0.3) is 0 Å². The largest absolute Gasteiger partial charge is 0.463 e. The predicted octanol–water partition coefficient (Wildman–Crippen LogP) is 2.74. The molecule has 6 nitrogen and oxygen atoms in total. The van der Waals surface area contributed by atoms with E-state index in [1.165, 1.54) is 0 Å². The monoisotopic (exact) mass is 480 g/mol. The molecule has 2 N–H and O–H groups in total. The number of ether oxygens (including phenoxy) is 1. The van der Waals surface area contributed by atoms with Crippen molar-refractivity contribution in [3.05, 3.63) is 29.3 Å². The third kappa shape index (κ3) is 7.27. The smallest absolute Gasteiger partial charge is 0.307 e. The number of nitrogens with zero attached hydrogens (tertiary/aromatic N) is 3. The van der Waals surface area contributed by atoms with Gasteiger partial charge in [0.2, 0.25) is 0 Å². The summed E-state index contributed by atoms with van der Waals surface area (Å²) in [7, 11) is 0. The summed E-state index contributed by atoms with van der Waals surface area (Å²) < 4.78 is 5.07. The van der Waals surface area contributed by atoms with Crippen molar-refractivity contribution in [1.82, 2.24) is 4.90 Å². The first kappa shape index (κ1) is 21.8. The van der Waals surface area contributed by atoms with Crippen molar-refractivity contribution in [2.24, 2.45) is 10.7 Å². The predicted molar refractivity (Wildman–Crippen MR) is 113 cm³/mol. The highest BCUT2D eigenvalue weighted by atomic mass is 127. The molecule has 0 bridgehead atoms. The summed E-state index contributed by atoms with van der Waals surface area (Å²) in [5.74, 6) is 0.247. The van der Waals surface area contributed by atoms with E-state index in [1.54, 1.807) is 0 Å². The van der Waals surface area contributed by atoms with Gasteiger partial charge in [0.15, 0.2) is 5.96 Å². The van der Waals surface area contributed by atoms with Gasteiger partial charge in [0.05, 0.1) is 19.1 Å². The number of esters is 1. The molecule has 0 radical (unpaired) electrons. The molecule has 0 aromatic heterocycles. The number of carbonyl (C=O) groups is 1. The number of hydrogen-bond donors (Lipinski definition) is 1. The number of anilines is 1. The van der Waals surface area contributed by atoms with E-state index in [1.807, 2.05) is 43.0 Å². The summed E-state index contributed by atoms with van der Waals surface area (Å²) in [5.41, 5.74) is 7.19. The molecule has 8 heteroatoms. The Morgan fingerprint density at radius 3 is 2.40 bits per heavy atom. The van der Waals surface area contributed by atoms with Crippen molar-refractivity contribution in [2.45, 2.75) is 26.4 Å². The molecule has 140 valence electrons. The fourth-order valence-corrected chi connectivity index (χ4v) is 2.66. The van der Waals surface area contributed by atoms with Crippen LogP contribution in [0.2, 0.25) is 5.02 Å². The summed E-state index contributed by atoms with van der Waals surface area (Å²) in [6.45, 7) is 7.35. The molecule has 1 aromatic rings. The molecule has 1 aromatic carbocycles. The zero-order valence-corrected chi connectivity index (χ0v) is 17.7. The maximum Gasteiger partial charge on any atom is 0.307 e. The summed E-state index contributed by atoms with van der Waals surface area (Å²) in [5, 5.41) is 0.741.